The van der Waals surface area contributed by atoms with E-state index in [1.807, 2.05) is 12.1 Å². The Kier molecular flexibility index (Phi) is 6.45. The van der Waals surface area contributed by atoms with Gasteiger partial charge in [0.25, 0.3) is 0 Å². The van der Waals surface area contributed by atoms with Gasteiger partial charge in [-0.2, -0.15) is 0 Å². The maximum atomic E-state index is 5.46. The number of hydrogen-bond acceptors (Lipinski definition) is 3. The van der Waals surface area contributed by atoms with Gasteiger partial charge in [0.1, 0.15) is 5.75 Å². The molecule has 0 aliphatic heterocycles. The first kappa shape index (κ1) is 13.5. The quantitative estimate of drug-likeness (QED) is 0.570. The summed E-state index contributed by atoms with van der Waals surface area (Å²) < 4.78 is 15.6. The monoisotopic (exact) mass is 288 g/mol. The lowest BCUT2D eigenvalue weighted by Crippen LogP contribution is -2.02. The average Bonchev–Trinajstić information content (AvgIpc) is 2.34. The van der Waals surface area contributed by atoms with Gasteiger partial charge in [0, 0.05) is 12.4 Å². The van der Waals surface area contributed by atoms with E-state index in [1.54, 1.807) is 14.2 Å². The third kappa shape index (κ3) is 4.51. The summed E-state index contributed by atoms with van der Waals surface area (Å²) in [6.45, 7) is 1.81. The summed E-state index contributed by atoms with van der Waals surface area (Å²) >= 11 is 3.43. The summed E-state index contributed by atoms with van der Waals surface area (Å²) in [7, 11) is 3.33. The van der Waals surface area contributed by atoms with Gasteiger partial charge >= 0.3 is 0 Å². The van der Waals surface area contributed by atoms with Crippen molar-refractivity contribution < 1.29 is 14.2 Å². The topological polar surface area (TPSA) is 27.7 Å². The molecule has 0 aliphatic rings. The Labute approximate surface area is 105 Å². The van der Waals surface area contributed by atoms with Crippen molar-refractivity contribution in [1.82, 2.24) is 0 Å². The van der Waals surface area contributed by atoms with Crippen molar-refractivity contribution in [3.8, 4) is 5.75 Å². The number of hydrogen-bond donors (Lipinski definition) is 0. The van der Waals surface area contributed by atoms with Gasteiger partial charge < -0.3 is 14.2 Å². The Morgan fingerprint density at radius 2 is 1.81 bits per heavy atom. The normalized spacial score (nSPS) is 10.4. The summed E-state index contributed by atoms with van der Waals surface area (Å²) in [5, 5.41) is 0.815. The van der Waals surface area contributed by atoms with Crippen LogP contribution in [0.15, 0.2) is 18.2 Å². The second-order valence-electron chi connectivity index (χ2n) is 3.37. The zero-order valence-corrected chi connectivity index (χ0v) is 11.2. The highest BCUT2D eigenvalue weighted by atomic mass is 79.9. The molecular weight excluding hydrogens is 272 g/mol. The highest BCUT2D eigenvalue weighted by Crippen LogP contribution is 2.19. The van der Waals surface area contributed by atoms with E-state index in [0.717, 1.165) is 16.6 Å². The molecule has 0 atom stereocenters. The van der Waals surface area contributed by atoms with Gasteiger partial charge in [-0.1, -0.05) is 22.0 Å². The third-order valence-corrected chi connectivity index (χ3v) is 2.76. The van der Waals surface area contributed by atoms with Crippen molar-refractivity contribution in [2.24, 2.45) is 0 Å². The van der Waals surface area contributed by atoms with E-state index in [-0.39, 0.29) is 0 Å². The minimum atomic E-state index is 0.584. The Bertz CT molecular complexity index is 293. The largest absolute Gasteiger partial charge is 0.497 e. The predicted molar refractivity (Wildman–Crippen MR) is 67.2 cm³/mol. The first-order chi connectivity index (χ1) is 7.80. The molecule has 1 aromatic rings. The Morgan fingerprint density at radius 1 is 1.06 bits per heavy atom. The fourth-order valence-corrected chi connectivity index (χ4v) is 1.66. The third-order valence-electron chi connectivity index (χ3n) is 2.12. The highest BCUT2D eigenvalue weighted by molar-refractivity contribution is 9.08. The zero-order valence-electron chi connectivity index (χ0n) is 9.66. The van der Waals surface area contributed by atoms with E-state index < -0.39 is 0 Å². The lowest BCUT2D eigenvalue weighted by molar-refractivity contribution is 0.0616. The van der Waals surface area contributed by atoms with E-state index in [4.69, 9.17) is 14.2 Å². The molecular formula is C12H17BrO3. The molecule has 90 valence electrons. The van der Waals surface area contributed by atoms with Gasteiger partial charge in [-0.05, 0) is 23.3 Å². The van der Waals surface area contributed by atoms with Gasteiger partial charge in [0.15, 0.2) is 0 Å². The summed E-state index contributed by atoms with van der Waals surface area (Å²) in [5.41, 5.74) is 2.30. The molecule has 0 radical (unpaired) electrons. The number of benzene rings is 1. The Morgan fingerprint density at radius 3 is 2.44 bits per heavy atom. The lowest BCUT2D eigenvalue weighted by atomic mass is 10.1. The minimum absolute atomic E-state index is 0.584. The van der Waals surface area contributed by atoms with Crippen LogP contribution in [-0.2, 0) is 21.4 Å². The van der Waals surface area contributed by atoms with E-state index in [9.17, 15) is 0 Å². The van der Waals surface area contributed by atoms with Crippen molar-refractivity contribution in [2.45, 2.75) is 11.9 Å². The lowest BCUT2D eigenvalue weighted by Gasteiger charge is -2.08. The van der Waals surface area contributed by atoms with Crippen molar-refractivity contribution in [2.75, 3.05) is 27.4 Å². The molecule has 1 aromatic carbocycles. The summed E-state index contributed by atoms with van der Waals surface area (Å²) in [6.07, 6.45) is 0. The maximum Gasteiger partial charge on any atom is 0.119 e. The first-order valence-electron chi connectivity index (χ1n) is 5.09. The van der Waals surface area contributed by atoms with Crippen LogP contribution in [0.2, 0.25) is 0 Å². The molecule has 0 amide bonds. The van der Waals surface area contributed by atoms with Crippen LogP contribution in [0.1, 0.15) is 11.1 Å². The number of rotatable bonds is 7. The van der Waals surface area contributed by atoms with Crippen LogP contribution < -0.4 is 4.74 Å². The molecule has 0 spiro atoms. The molecule has 0 heterocycles. The molecule has 16 heavy (non-hydrogen) atoms. The molecule has 1 rings (SSSR count). The fraction of sp³-hybridized carbons (Fsp3) is 0.500. The van der Waals surface area contributed by atoms with Gasteiger partial charge in [-0.3, -0.25) is 0 Å². The molecule has 0 unspecified atom stereocenters. The van der Waals surface area contributed by atoms with E-state index in [1.165, 1.54) is 5.56 Å². The molecule has 4 heteroatoms. The van der Waals surface area contributed by atoms with Crippen LogP contribution in [0.25, 0.3) is 0 Å². The predicted octanol–water partition coefficient (Wildman–Crippen LogP) is 2.75. The first-order valence-corrected chi connectivity index (χ1v) is 6.21. The van der Waals surface area contributed by atoms with Gasteiger partial charge in [-0.25, -0.2) is 0 Å². The van der Waals surface area contributed by atoms with Crippen molar-refractivity contribution >= 4 is 15.9 Å². The van der Waals surface area contributed by atoms with Gasteiger partial charge in [0.05, 0.1) is 26.9 Å². The second kappa shape index (κ2) is 7.65. The SMILES string of the molecule is COCCOCc1cc(CBr)cc(OC)c1. The molecule has 3 nitrogen and oxygen atoms in total. The van der Waals surface area contributed by atoms with Crippen LogP contribution in [-0.4, -0.2) is 27.4 Å². The molecule has 0 fully saturated rings. The zero-order chi connectivity index (χ0) is 11.8. The van der Waals surface area contributed by atoms with Gasteiger partial charge in [0.2, 0.25) is 0 Å². The van der Waals surface area contributed by atoms with E-state index >= 15 is 0 Å². The molecule has 0 N–H and O–H groups in total. The fourth-order valence-electron chi connectivity index (χ4n) is 1.34. The maximum absolute atomic E-state index is 5.46. The number of halogens is 1. The molecule has 0 saturated heterocycles. The summed E-state index contributed by atoms with van der Waals surface area (Å²) in [6, 6.07) is 6.09. The molecule has 0 aromatic heterocycles. The van der Waals surface area contributed by atoms with Crippen LogP contribution in [0, 0.1) is 0 Å². The Hall–Kier alpha value is -0.580. The van der Waals surface area contributed by atoms with E-state index in [2.05, 4.69) is 22.0 Å². The molecule has 0 aliphatic carbocycles. The molecule has 0 saturated carbocycles. The van der Waals surface area contributed by atoms with Crippen LogP contribution in [0.3, 0.4) is 0 Å². The smallest absolute Gasteiger partial charge is 0.119 e. The summed E-state index contributed by atoms with van der Waals surface area (Å²) in [5.74, 6) is 0.863. The Balaban J connectivity index is 2.57. The van der Waals surface area contributed by atoms with Crippen molar-refractivity contribution in [3.05, 3.63) is 29.3 Å². The minimum Gasteiger partial charge on any atom is -0.497 e. The average molecular weight is 289 g/mol. The van der Waals surface area contributed by atoms with Crippen molar-refractivity contribution in [3.63, 3.8) is 0 Å². The number of alkyl halides is 1. The highest BCUT2D eigenvalue weighted by Gasteiger charge is 2.01. The second-order valence-corrected chi connectivity index (χ2v) is 3.93. The summed E-state index contributed by atoms with van der Waals surface area (Å²) in [4.78, 5) is 0. The van der Waals surface area contributed by atoms with Crippen LogP contribution in [0.4, 0.5) is 0 Å². The van der Waals surface area contributed by atoms with Gasteiger partial charge in [-0.15, -0.1) is 0 Å². The van der Waals surface area contributed by atoms with Crippen LogP contribution >= 0.6 is 15.9 Å². The van der Waals surface area contributed by atoms with Crippen LogP contribution in [0.5, 0.6) is 5.75 Å². The van der Waals surface area contributed by atoms with E-state index in [0.29, 0.717) is 19.8 Å². The standard InChI is InChI=1S/C12H17BrO3/c1-14-3-4-16-9-11-5-10(8-13)6-12(7-11)15-2/h5-7H,3-4,8-9H2,1-2H3. The number of methoxy groups -OCH3 is 2. The number of ether oxygens (including phenoxy) is 3. The molecule has 0 bridgehead atoms. The van der Waals surface area contributed by atoms with Crippen molar-refractivity contribution in [1.29, 1.82) is 0 Å².